The zero-order chi connectivity index (χ0) is 16.3. The maximum absolute atomic E-state index is 10.3. The van der Waals surface area contributed by atoms with Gasteiger partial charge in [-0.2, -0.15) is 0 Å². The van der Waals surface area contributed by atoms with Gasteiger partial charge in [0.25, 0.3) is 0 Å². The second kappa shape index (κ2) is 6.20. The Labute approximate surface area is 144 Å². The van der Waals surface area contributed by atoms with E-state index in [1.807, 2.05) is 0 Å². The lowest BCUT2D eigenvalue weighted by Gasteiger charge is -2.54. The van der Waals surface area contributed by atoms with Gasteiger partial charge in [-0.05, 0) is 43.9 Å². The molecule has 5 aliphatic rings. The molecule has 5 nitrogen and oxygen atoms in total. The third kappa shape index (κ3) is 2.47. The molecule has 3 saturated heterocycles. The molecule has 5 rings (SSSR count). The number of quaternary nitrogens is 1. The van der Waals surface area contributed by atoms with E-state index >= 15 is 0 Å². The number of piperidine rings is 2. The number of hydrogen-bond acceptors (Lipinski definition) is 4. The smallest absolute Gasteiger partial charge is 0.147 e. The minimum absolute atomic E-state index is 0.0469. The largest absolute Gasteiger partial charge is 0.390 e. The summed E-state index contributed by atoms with van der Waals surface area (Å²) >= 11 is 0. The van der Waals surface area contributed by atoms with Crippen molar-refractivity contribution in [1.82, 2.24) is 0 Å². The van der Waals surface area contributed by atoms with Gasteiger partial charge >= 0.3 is 0 Å². The van der Waals surface area contributed by atoms with E-state index in [0.717, 1.165) is 30.7 Å². The first-order valence-corrected chi connectivity index (χ1v) is 10.0. The van der Waals surface area contributed by atoms with Crippen molar-refractivity contribution >= 4 is 0 Å². The number of hydrogen-bond donors (Lipinski definition) is 2. The minimum Gasteiger partial charge on any atom is -0.390 e. The van der Waals surface area contributed by atoms with E-state index in [1.165, 1.54) is 38.8 Å². The van der Waals surface area contributed by atoms with Crippen LogP contribution in [-0.4, -0.2) is 62.6 Å². The summed E-state index contributed by atoms with van der Waals surface area (Å²) in [5.74, 6) is 2.95. The molecule has 5 heteroatoms. The first kappa shape index (κ1) is 16.0. The fraction of sp³-hybridized carbons (Fsp3) is 1.00. The number of nitrogens with one attached hydrogen (secondary N) is 1. The number of fused-ring (bicyclic) bond motifs is 6. The molecular formula is C19H32NO4+. The zero-order valence-corrected chi connectivity index (χ0v) is 14.7. The Morgan fingerprint density at radius 1 is 1.00 bits per heavy atom. The van der Waals surface area contributed by atoms with Gasteiger partial charge in [-0.3, -0.25) is 0 Å². The molecule has 0 amide bonds. The number of rotatable bonds is 1. The molecule has 3 heterocycles. The lowest BCUT2D eigenvalue weighted by molar-refractivity contribution is -0.947. The minimum atomic E-state index is -0.256. The molecule has 0 aromatic rings. The first-order valence-electron chi connectivity index (χ1n) is 10.0. The number of ether oxygens (including phenoxy) is 3. The summed E-state index contributed by atoms with van der Waals surface area (Å²) in [5, 5.41) is 10.3. The lowest BCUT2D eigenvalue weighted by Crippen LogP contribution is -3.20. The molecule has 0 bridgehead atoms. The molecule has 24 heavy (non-hydrogen) atoms. The van der Waals surface area contributed by atoms with Crippen molar-refractivity contribution in [3.63, 3.8) is 0 Å². The summed E-state index contributed by atoms with van der Waals surface area (Å²) in [5.41, 5.74) is 0. The predicted octanol–water partition coefficient (Wildman–Crippen LogP) is 0.217. The van der Waals surface area contributed by atoms with E-state index in [4.69, 9.17) is 14.2 Å². The van der Waals surface area contributed by atoms with E-state index in [1.54, 1.807) is 12.0 Å². The number of aliphatic hydroxyl groups excluding tert-OH is 1. The van der Waals surface area contributed by atoms with Crippen LogP contribution in [0, 0.1) is 23.7 Å². The molecule has 5 fully saturated rings. The quantitative estimate of drug-likeness (QED) is 0.718. The van der Waals surface area contributed by atoms with Crippen LogP contribution >= 0.6 is 0 Å². The standard InChI is InChI=1S/C19H31NO4/c1-22-18-8-13-12(7-16(18)21)4-5-20-9-14-11(6-15(13)20)2-3-17-19(14)24-10-23-17/h11-19,21H,2-10H2,1H3/p+1. The van der Waals surface area contributed by atoms with Crippen LogP contribution in [0.15, 0.2) is 0 Å². The fourth-order valence-electron chi connectivity index (χ4n) is 6.91. The van der Waals surface area contributed by atoms with Gasteiger partial charge < -0.3 is 24.2 Å². The summed E-state index contributed by atoms with van der Waals surface area (Å²) in [6, 6.07) is 0.772. The Bertz CT molecular complexity index is 474. The first-order chi connectivity index (χ1) is 11.7. The van der Waals surface area contributed by atoms with E-state index in [0.29, 0.717) is 30.8 Å². The molecule has 0 aromatic heterocycles. The molecule has 0 aromatic carbocycles. The molecule has 3 aliphatic heterocycles. The Balaban J connectivity index is 1.34. The van der Waals surface area contributed by atoms with Gasteiger partial charge in [-0.15, -0.1) is 0 Å². The maximum Gasteiger partial charge on any atom is 0.147 e. The average Bonchev–Trinajstić information content (AvgIpc) is 3.08. The molecule has 2 N–H and O–H groups in total. The Morgan fingerprint density at radius 3 is 2.75 bits per heavy atom. The highest BCUT2D eigenvalue weighted by atomic mass is 16.7. The average molecular weight is 338 g/mol. The van der Waals surface area contributed by atoms with Crippen LogP contribution in [0.4, 0.5) is 0 Å². The molecule has 0 spiro atoms. The molecule has 10 unspecified atom stereocenters. The summed E-state index contributed by atoms with van der Waals surface area (Å²) < 4.78 is 17.4. The van der Waals surface area contributed by atoms with Crippen molar-refractivity contribution in [2.24, 2.45) is 23.7 Å². The van der Waals surface area contributed by atoms with Gasteiger partial charge in [0, 0.05) is 25.4 Å². The summed E-state index contributed by atoms with van der Waals surface area (Å²) in [6.45, 7) is 3.05. The molecule has 136 valence electrons. The lowest BCUT2D eigenvalue weighted by atomic mass is 9.62. The molecular weight excluding hydrogens is 306 g/mol. The topological polar surface area (TPSA) is 52.4 Å². The van der Waals surface area contributed by atoms with Crippen molar-refractivity contribution in [3.8, 4) is 0 Å². The highest BCUT2D eigenvalue weighted by molar-refractivity contribution is 4.98. The van der Waals surface area contributed by atoms with E-state index in [2.05, 4.69) is 0 Å². The van der Waals surface area contributed by atoms with Crippen LogP contribution in [0.25, 0.3) is 0 Å². The van der Waals surface area contributed by atoms with E-state index < -0.39 is 0 Å². The SMILES string of the molecule is COC1CC2C(CC[NH+]3CC4C(CCC5OCOC54)CC23)CC1O. The second-order valence-electron chi connectivity index (χ2n) is 8.94. The van der Waals surface area contributed by atoms with Crippen LogP contribution in [-0.2, 0) is 14.2 Å². The highest BCUT2D eigenvalue weighted by Gasteiger charge is 2.55. The highest BCUT2D eigenvalue weighted by Crippen LogP contribution is 2.44. The molecule has 2 aliphatic carbocycles. The van der Waals surface area contributed by atoms with Gasteiger partial charge in [0.2, 0.25) is 0 Å². The van der Waals surface area contributed by atoms with Crippen LogP contribution in [0.3, 0.4) is 0 Å². The normalized spacial score (nSPS) is 56.8. The monoisotopic (exact) mass is 338 g/mol. The molecule has 0 radical (unpaired) electrons. The predicted molar refractivity (Wildman–Crippen MR) is 87.6 cm³/mol. The number of methoxy groups -OCH3 is 1. The van der Waals surface area contributed by atoms with Gasteiger partial charge in [0.15, 0.2) is 0 Å². The Hall–Kier alpha value is -0.200. The van der Waals surface area contributed by atoms with Crippen molar-refractivity contribution in [2.75, 3.05) is 27.0 Å². The third-order valence-electron chi connectivity index (χ3n) is 8.08. The van der Waals surface area contributed by atoms with E-state index in [9.17, 15) is 5.11 Å². The third-order valence-corrected chi connectivity index (χ3v) is 8.08. The van der Waals surface area contributed by atoms with Crippen LogP contribution in [0.2, 0.25) is 0 Å². The van der Waals surface area contributed by atoms with Gasteiger partial charge in [-0.1, -0.05) is 0 Å². The second-order valence-corrected chi connectivity index (χ2v) is 8.94. The van der Waals surface area contributed by atoms with Crippen molar-refractivity contribution in [2.45, 2.75) is 69.0 Å². The Morgan fingerprint density at radius 2 is 1.88 bits per heavy atom. The van der Waals surface area contributed by atoms with Gasteiger partial charge in [0.1, 0.15) is 6.79 Å². The van der Waals surface area contributed by atoms with Crippen LogP contribution in [0.1, 0.15) is 38.5 Å². The van der Waals surface area contributed by atoms with Crippen molar-refractivity contribution < 1.29 is 24.2 Å². The van der Waals surface area contributed by atoms with E-state index in [-0.39, 0.29) is 12.2 Å². The zero-order valence-electron chi connectivity index (χ0n) is 14.7. The van der Waals surface area contributed by atoms with Gasteiger partial charge in [-0.25, -0.2) is 0 Å². The Kier molecular flexibility index (Phi) is 4.14. The van der Waals surface area contributed by atoms with Crippen molar-refractivity contribution in [3.05, 3.63) is 0 Å². The maximum atomic E-state index is 10.3. The number of aliphatic hydroxyl groups is 1. The van der Waals surface area contributed by atoms with Crippen LogP contribution < -0.4 is 4.90 Å². The summed E-state index contributed by atoms with van der Waals surface area (Å²) in [4.78, 5) is 1.81. The molecule has 10 atom stereocenters. The van der Waals surface area contributed by atoms with Crippen LogP contribution in [0.5, 0.6) is 0 Å². The summed E-state index contributed by atoms with van der Waals surface area (Å²) in [6.07, 6.45) is 7.63. The summed E-state index contributed by atoms with van der Waals surface area (Å²) in [7, 11) is 1.76. The molecule has 2 saturated carbocycles. The van der Waals surface area contributed by atoms with Crippen molar-refractivity contribution in [1.29, 1.82) is 0 Å². The fourth-order valence-corrected chi connectivity index (χ4v) is 6.91. The van der Waals surface area contributed by atoms with Gasteiger partial charge in [0.05, 0.1) is 43.5 Å².